The number of aliphatic hydroxyl groups is 1. The van der Waals surface area contributed by atoms with Crippen LogP contribution in [0.25, 0.3) is 0 Å². The number of hydrogen-bond donors (Lipinski definition) is 3. The van der Waals surface area contributed by atoms with Crippen molar-refractivity contribution >= 4 is 11.9 Å². The number of amides is 1. The lowest BCUT2D eigenvalue weighted by Gasteiger charge is -2.28. The Morgan fingerprint density at radius 2 is 1.79 bits per heavy atom. The molecule has 1 fully saturated rings. The van der Waals surface area contributed by atoms with E-state index in [0.29, 0.717) is 19.3 Å². The van der Waals surface area contributed by atoms with Crippen molar-refractivity contribution in [1.29, 1.82) is 0 Å². The zero-order valence-corrected chi connectivity index (χ0v) is 11.7. The summed E-state index contributed by atoms with van der Waals surface area (Å²) in [6.45, 7) is 1.83. The highest BCUT2D eigenvalue weighted by Gasteiger charge is 2.40. The molecule has 1 amide bonds. The van der Waals surface area contributed by atoms with Crippen LogP contribution in [0.4, 0.5) is 0 Å². The summed E-state index contributed by atoms with van der Waals surface area (Å²) in [6, 6.07) is -0.117. The lowest BCUT2D eigenvalue weighted by molar-refractivity contribution is -0.153. The first-order valence-corrected chi connectivity index (χ1v) is 7.14. The summed E-state index contributed by atoms with van der Waals surface area (Å²) in [5.74, 6) is -1.07. The van der Waals surface area contributed by atoms with Crippen LogP contribution in [0.3, 0.4) is 0 Å². The highest BCUT2D eigenvalue weighted by atomic mass is 16.4. The fourth-order valence-electron chi connectivity index (χ4n) is 2.77. The Morgan fingerprint density at radius 3 is 2.26 bits per heavy atom. The van der Waals surface area contributed by atoms with Crippen LogP contribution in [0.2, 0.25) is 0 Å². The van der Waals surface area contributed by atoms with Gasteiger partial charge in [0.25, 0.3) is 0 Å². The molecule has 1 unspecified atom stereocenters. The molecule has 5 nitrogen and oxygen atoms in total. The lowest BCUT2D eigenvalue weighted by atomic mass is 9.77. The second-order valence-corrected chi connectivity index (χ2v) is 5.66. The highest BCUT2D eigenvalue weighted by Crippen LogP contribution is 2.38. The predicted octanol–water partition coefficient (Wildman–Crippen LogP) is 1.69. The molecule has 1 atom stereocenters. The Morgan fingerprint density at radius 1 is 1.21 bits per heavy atom. The number of carboxylic acids is 1. The van der Waals surface area contributed by atoms with E-state index >= 15 is 0 Å². The van der Waals surface area contributed by atoms with E-state index in [1.807, 2.05) is 6.92 Å². The van der Waals surface area contributed by atoms with Crippen LogP contribution in [0, 0.1) is 5.41 Å². The zero-order chi connectivity index (χ0) is 14.3. The number of rotatable bonds is 6. The van der Waals surface area contributed by atoms with Crippen molar-refractivity contribution in [2.45, 2.75) is 64.3 Å². The average molecular weight is 271 g/mol. The molecule has 0 heterocycles. The highest BCUT2D eigenvalue weighted by molar-refractivity contribution is 5.85. The molecule has 0 saturated heterocycles. The molecule has 3 N–H and O–H groups in total. The lowest BCUT2D eigenvalue weighted by Crippen LogP contribution is -2.40. The molecule has 0 aromatic rings. The summed E-state index contributed by atoms with van der Waals surface area (Å²) in [5, 5.41) is 21.0. The summed E-state index contributed by atoms with van der Waals surface area (Å²) >= 11 is 0. The molecule has 110 valence electrons. The normalized spacial score (nSPS) is 20.3. The molecule has 1 rings (SSSR count). The smallest absolute Gasteiger partial charge is 0.310 e. The van der Waals surface area contributed by atoms with Gasteiger partial charge in [-0.25, -0.2) is 0 Å². The van der Waals surface area contributed by atoms with Gasteiger partial charge in [-0.1, -0.05) is 25.7 Å². The molecule has 0 radical (unpaired) electrons. The number of carboxylic acid groups (broad SMARTS) is 1. The third kappa shape index (κ3) is 4.82. The minimum Gasteiger partial charge on any atom is -0.481 e. The van der Waals surface area contributed by atoms with Gasteiger partial charge in [0, 0.05) is 19.1 Å². The van der Waals surface area contributed by atoms with Crippen LogP contribution >= 0.6 is 0 Å². The van der Waals surface area contributed by atoms with Crippen molar-refractivity contribution in [3.8, 4) is 0 Å². The molecule has 0 spiro atoms. The summed E-state index contributed by atoms with van der Waals surface area (Å²) < 4.78 is 0. The molecule has 1 saturated carbocycles. The van der Waals surface area contributed by atoms with Crippen LogP contribution in [0.1, 0.15) is 58.3 Å². The zero-order valence-electron chi connectivity index (χ0n) is 11.7. The van der Waals surface area contributed by atoms with Crippen LogP contribution in [-0.4, -0.2) is 34.7 Å². The van der Waals surface area contributed by atoms with Crippen LogP contribution in [0.5, 0.6) is 0 Å². The summed E-state index contributed by atoms with van der Waals surface area (Å²) in [5.41, 5.74) is -0.889. The van der Waals surface area contributed by atoms with Crippen molar-refractivity contribution in [3.63, 3.8) is 0 Å². The standard InChI is InChI=1S/C14H25NO4/c1-11(6-9-16)15-12(17)10-14(13(18)19)7-4-2-3-5-8-14/h11,16H,2-10H2,1H3,(H,15,17)(H,18,19). The average Bonchev–Trinajstić information content (AvgIpc) is 2.55. The summed E-state index contributed by atoms with van der Waals surface area (Å²) in [7, 11) is 0. The number of hydrogen-bond acceptors (Lipinski definition) is 3. The molecule has 0 aliphatic heterocycles. The first-order valence-electron chi connectivity index (χ1n) is 7.14. The van der Waals surface area contributed by atoms with Crippen LogP contribution in [-0.2, 0) is 9.59 Å². The molecule has 5 heteroatoms. The number of aliphatic hydroxyl groups excluding tert-OH is 1. The van der Waals surface area contributed by atoms with Gasteiger partial charge < -0.3 is 15.5 Å². The number of carbonyl (C=O) groups is 2. The maximum Gasteiger partial charge on any atom is 0.310 e. The van der Waals surface area contributed by atoms with E-state index in [1.165, 1.54) is 0 Å². The first kappa shape index (κ1) is 16.0. The summed E-state index contributed by atoms with van der Waals surface area (Å²) in [4.78, 5) is 23.5. The third-order valence-corrected chi connectivity index (χ3v) is 3.98. The Labute approximate surface area is 114 Å². The van der Waals surface area contributed by atoms with Crippen molar-refractivity contribution in [2.75, 3.05) is 6.61 Å². The molecule has 0 aromatic carbocycles. The molecular weight excluding hydrogens is 246 g/mol. The Bertz CT molecular complexity index is 309. The first-order chi connectivity index (χ1) is 9.00. The molecule has 1 aliphatic carbocycles. The molecule has 19 heavy (non-hydrogen) atoms. The van der Waals surface area contributed by atoms with E-state index in [4.69, 9.17) is 5.11 Å². The molecular formula is C14H25NO4. The number of nitrogens with one attached hydrogen (secondary N) is 1. The van der Waals surface area contributed by atoms with E-state index < -0.39 is 11.4 Å². The third-order valence-electron chi connectivity index (χ3n) is 3.98. The van der Waals surface area contributed by atoms with Crippen molar-refractivity contribution in [3.05, 3.63) is 0 Å². The maximum atomic E-state index is 12.0. The quantitative estimate of drug-likeness (QED) is 0.642. The van der Waals surface area contributed by atoms with Crippen molar-refractivity contribution in [2.24, 2.45) is 5.41 Å². The molecule has 0 aromatic heterocycles. The van der Waals surface area contributed by atoms with Crippen molar-refractivity contribution < 1.29 is 19.8 Å². The van der Waals surface area contributed by atoms with Crippen molar-refractivity contribution in [1.82, 2.24) is 5.32 Å². The molecule has 1 aliphatic rings. The van der Waals surface area contributed by atoms with Gasteiger partial charge in [-0.2, -0.15) is 0 Å². The fourth-order valence-corrected chi connectivity index (χ4v) is 2.77. The predicted molar refractivity (Wildman–Crippen MR) is 71.7 cm³/mol. The Balaban J connectivity index is 2.62. The maximum absolute atomic E-state index is 12.0. The Hall–Kier alpha value is -1.10. The minimum atomic E-state index is -0.889. The van der Waals surface area contributed by atoms with Gasteiger partial charge in [0.2, 0.25) is 5.91 Å². The second-order valence-electron chi connectivity index (χ2n) is 5.66. The van der Waals surface area contributed by atoms with E-state index in [1.54, 1.807) is 0 Å². The van der Waals surface area contributed by atoms with Gasteiger partial charge in [0.05, 0.1) is 5.41 Å². The Kier molecular flexibility index (Phi) is 6.28. The van der Waals surface area contributed by atoms with Gasteiger partial charge in [-0.3, -0.25) is 9.59 Å². The van der Waals surface area contributed by atoms with Gasteiger partial charge in [0.15, 0.2) is 0 Å². The van der Waals surface area contributed by atoms with Gasteiger partial charge in [-0.05, 0) is 26.2 Å². The van der Waals surface area contributed by atoms with Gasteiger partial charge >= 0.3 is 5.97 Å². The fraction of sp³-hybridized carbons (Fsp3) is 0.857. The summed E-state index contributed by atoms with van der Waals surface area (Å²) in [6.07, 6.45) is 5.59. The topological polar surface area (TPSA) is 86.6 Å². The number of carbonyl (C=O) groups excluding carboxylic acids is 1. The monoisotopic (exact) mass is 271 g/mol. The largest absolute Gasteiger partial charge is 0.481 e. The van der Waals surface area contributed by atoms with E-state index in [2.05, 4.69) is 5.32 Å². The minimum absolute atomic E-state index is 0.0194. The molecule has 0 bridgehead atoms. The van der Waals surface area contributed by atoms with E-state index in [0.717, 1.165) is 25.7 Å². The van der Waals surface area contributed by atoms with Gasteiger partial charge in [-0.15, -0.1) is 0 Å². The second kappa shape index (κ2) is 7.48. The SMILES string of the molecule is CC(CCO)NC(=O)CC1(C(=O)O)CCCCCC1. The van der Waals surface area contributed by atoms with Crippen LogP contribution in [0.15, 0.2) is 0 Å². The van der Waals surface area contributed by atoms with Gasteiger partial charge in [0.1, 0.15) is 0 Å². The van der Waals surface area contributed by atoms with E-state index in [9.17, 15) is 14.7 Å². The number of aliphatic carboxylic acids is 1. The van der Waals surface area contributed by atoms with Crippen LogP contribution < -0.4 is 5.32 Å². The van der Waals surface area contributed by atoms with E-state index in [-0.39, 0.29) is 25.0 Å².